The van der Waals surface area contributed by atoms with Crippen molar-refractivity contribution >= 4 is 17.4 Å². The average Bonchev–Trinajstić information content (AvgIpc) is 2.69. The molecule has 2 aromatic heterocycles. The van der Waals surface area contributed by atoms with Gasteiger partial charge in [-0.15, -0.1) is 22.0 Å². The minimum Gasteiger partial charge on any atom is -0.280 e. The Balaban J connectivity index is 2.44. The lowest BCUT2D eigenvalue weighted by Crippen LogP contribution is -2.01. The molecular formula is C12H18N4S. The summed E-state index contributed by atoms with van der Waals surface area (Å²) in [7, 11) is 0. The van der Waals surface area contributed by atoms with Gasteiger partial charge in [-0.3, -0.25) is 4.40 Å². The van der Waals surface area contributed by atoms with Gasteiger partial charge in [0.1, 0.15) is 10.9 Å². The highest BCUT2D eigenvalue weighted by Crippen LogP contribution is 2.23. The maximum atomic E-state index is 4.50. The summed E-state index contributed by atoms with van der Waals surface area (Å²) in [5.74, 6) is 2.64. The van der Waals surface area contributed by atoms with Crippen molar-refractivity contribution in [3.05, 3.63) is 17.7 Å². The van der Waals surface area contributed by atoms with E-state index in [-0.39, 0.29) is 0 Å². The van der Waals surface area contributed by atoms with E-state index in [0.717, 1.165) is 34.4 Å². The Kier molecular flexibility index (Phi) is 3.66. The van der Waals surface area contributed by atoms with Crippen LogP contribution in [0.25, 0.3) is 5.65 Å². The van der Waals surface area contributed by atoms with Gasteiger partial charge in [0.2, 0.25) is 0 Å². The zero-order chi connectivity index (χ0) is 12.4. The molecule has 2 heterocycles. The van der Waals surface area contributed by atoms with Gasteiger partial charge < -0.3 is 0 Å². The highest BCUT2D eigenvalue weighted by atomic mass is 32.2. The van der Waals surface area contributed by atoms with Gasteiger partial charge in [0.25, 0.3) is 0 Å². The normalized spacial score (nSPS) is 11.6. The van der Waals surface area contributed by atoms with Gasteiger partial charge in [-0.25, -0.2) is 4.98 Å². The predicted molar refractivity (Wildman–Crippen MR) is 70.5 cm³/mol. The van der Waals surface area contributed by atoms with Crippen molar-refractivity contribution in [2.24, 2.45) is 5.92 Å². The molecule has 92 valence electrons. The van der Waals surface area contributed by atoms with E-state index in [4.69, 9.17) is 0 Å². The summed E-state index contributed by atoms with van der Waals surface area (Å²) < 4.78 is 2.11. The zero-order valence-electron chi connectivity index (χ0n) is 10.8. The van der Waals surface area contributed by atoms with Crippen molar-refractivity contribution in [1.82, 2.24) is 19.6 Å². The van der Waals surface area contributed by atoms with Crippen LogP contribution in [0.4, 0.5) is 0 Å². The van der Waals surface area contributed by atoms with Crippen LogP contribution in [0.5, 0.6) is 0 Å². The molecule has 4 nitrogen and oxygen atoms in total. The minimum absolute atomic E-state index is 0.650. The average molecular weight is 250 g/mol. The molecule has 0 aliphatic rings. The lowest BCUT2D eigenvalue weighted by atomic mass is 10.3. The quantitative estimate of drug-likeness (QED) is 0.783. The second kappa shape index (κ2) is 5.04. The number of nitrogens with zero attached hydrogens (tertiary/aromatic N) is 4. The number of thioether (sulfide) groups is 1. The first-order chi connectivity index (χ1) is 8.13. The Morgan fingerprint density at radius 1 is 1.35 bits per heavy atom. The maximum absolute atomic E-state index is 4.50. The first-order valence-corrected chi connectivity index (χ1v) is 6.94. The Morgan fingerprint density at radius 3 is 2.76 bits per heavy atom. The number of rotatable bonds is 4. The summed E-state index contributed by atoms with van der Waals surface area (Å²) in [6.45, 7) is 8.52. The molecule has 0 unspecified atom stereocenters. The molecule has 0 fully saturated rings. The van der Waals surface area contributed by atoms with E-state index >= 15 is 0 Å². The smallest absolute Gasteiger partial charge is 0.193 e. The van der Waals surface area contributed by atoms with Crippen LogP contribution in [0.1, 0.15) is 32.3 Å². The number of hydrogen-bond donors (Lipinski definition) is 0. The lowest BCUT2D eigenvalue weighted by molar-refractivity contribution is 0.749. The second-order valence-corrected chi connectivity index (χ2v) is 5.53. The topological polar surface area (TPSA) is 43.1 Å². The summed E-state index contributed by atoms with van der Waals surface area (Å²) in [4.78, 5) is 4.50. The first-order valence-electron chi connectivity index (χ1n) is 5.95. The molecule has 0 saturated heterocycles. The number of aryl methyl sites for hydroxylation is 2. The SMILES string of the molecule is CCc1cnc(SCC(C)C)c2nnc(C)n12. The molecule has 17 heavy (non-hydrogen) atoms. The molecule has 0 aromatic carbocycles. The number of hydrogen-bond acceptors (Lipinski definition) is 4. The second-order valence-electron chi connectivity index (χ2n) is 4.52. The fourth-order valence-electron chi connectivity index (χ4n) is 1.69. The third-order valence-corrected chi connectivity index (χ3v) is 3.94. The van der Waals surface area contributed by atoms with Crippen LogP contribution in [-0.2, 0) is 6.42 Å². The van der Waals surface area contributed by atoms with Gasteiger partial charge in [0, 0.05) is 17.6 Å². The Hall–Kier alpha value is -1.10. The van der Waals surface area contributed by atoms with Gasteiger partial charge in [-0.2, -0.15) is 0 Å². The van der Waals surface area contributed by atoms with Gasteiger partial charge in [0.15, 0.2) is 5.65 Å². The molecule has 2 rings (SSSR count). The van der Waals surface area contributed by atoms with Crippen molar-refractivity contribution in [1.29, 1.82) is 0 Å². The molecule has 5 heteroatoms. The molecule has 0 amide bonds. The summed E-state index contributed by atoms with van der Waals surface area (Å²) in [6.07, 6.45) is 2.88. The molecule has 0 saturated carbocycles. The monoisotopic (exact) mass is 250 g/mol. The standard InChI is InChI=1S/C12H18N4S/c1-5-10-6-13-12(17-7-8(2)3)11-15-14-9(4)16(10)11/h6,8H,5,7H2,1-4H3. The van der Waals surface area contributed by atoms with Gasteiger partial charge in [-0.05, 0) is 19.3 Å². The molecule has 0 N–H and O–H groups in total. The van der Waals surface area contributed by atoms with E-state index in [1.165, 1.54) is 0 Å². The lowest BCUT2D eigenvalue weighted by Gasteiger charge is -2.08. The zero-order valence-corrected chi connectivity index (χ0v) is 11.6. The van der Waals surface area contributed by atoms with E-state index in [1.54, 1.807) is 11.8 Å². The van der Waals surface area contributed by atoms with Crippen molar-refractivity contribution < 1.29 is 0 Å². The molecule has 0 aliphatic carbocycles. The van der Waals surface area contributed by atoms with E-state index in [9.17, 15) is 0 Å². The van der Waals surface area contributed by atoms with Crippen molar-refractivity contribution in [3.63, 3.8) is 0 Å². The van der Waals surface area contributed by atoms with E-state index < -0.39 is 0 Å². The molecule has 2 aromatic rings. The van der Waals surface area contributed by atoms with Crippen molar-refractivity contribution in [2.45, 2.75) is 39.1 Å². The molecule has 0 atom stereocenters. The molecule has 0 radical (unpaired) electrons. The van der Waals surface area contributed by atoms with Crippen molar-refractivity contribution in [3.8, 4) is 0 Å². The van der Waals surface area contributed by atoms with Crippen LogP contribution in [-0.4, -0.2) is 25.3 Å². The van der Waals surface area contributed by atoms with Crippen molar-refractivity contribution in [2.75, 3.05) is 5.75 Å². The Morgan fingerprint density at radius 2 is 2.12 bits per heavy atom. The van der Waals surface area contributed by atoms with E-state index in [2.05, 4.69) is 40.4 Å². The fourth-order valence-corrected chi connectivity index (χ4v) is 2.57. The first kappa shape index (κ1) is 12.4. The summed E-state index contributed by atoms with van der Waals surface area (Å²) in [5, 5.41) is 9.37. The third-order valence-electron chi connectivity index (χ3n) is 2.55. The highest BCUT2D eigenvalue weighted by molar-refractivity contribution is 7.99. The van der Waals surface area contributed by atoms with E-state index in [0.29, 0.717) is 5.92 Å². The van der Waals surface area contributed by atoms with Crippen LogP contribution in [0.2, 0.25) is 0 Å². The van der Waals surface area contributed by atoms with Crippen LogP contribution in [0.3, 0.4) is 0 Å². The fraction of sp³-hybridized carbons (Fsp3) is 0.583. The van der Waals surface area contributed by atoms with Crippen LogP contribution < -0.4 is 0 Å². The largest absolute Gasteiger partial charge is 0.280 e. The Bertz CT molecular complexity index is 518. The van der Waals surface area contributed by atoms with Gasteiger partial charge >= 0.3 is 0 Å². The molecule has 0 aliphatic heterocycles. The van der Waals surface area contributed by atoms with E-state index in [1.807, 2.05) is 13.1 Å². The molecule has 0 spiro atoms. The van der Waals surface area contributed by atoms with Gasteiger partial charge in [-0.1, -0.05) is 20.8 Å². The van der Waals surface area contributed by atoms with Crippen LogP contribution in [0, 0.1) is 12.8 Å². The van der Waals surface area contributed by atoms with Crippen LogP contribution >= 0.6 is 11.8 Å². The summed E-state index contributed by atoms with van der Waals surface area (Å²) in [6, 6.07) is 0. The number of fused-ring (bicyclic) bond motifs is 1. The summed E-state index contributed by atoms with van der Waals surface area (Å²) in [5.41, 5.74) is 2.06. The number of aromatic nitrogens is 4. The maximum Gasteiger partial charge on any atom is 0.193 e. The summed E-state index contributed by atoms with van der Waals surface area (Å²) >= 11 is 1.76. The highest BCUT2D eigenvalue weighted by Gasteiger charge is 2.12. The molecular weight excluding hydrogens is 232 g/mol. The van der Waals surface area contributed by atoms with Gasteiger partial charge in [0.05, 0.1) is 0 Å². The predicted octanol–water partition coefficient (Wildman–Crippen LogP) is 2.74. The third kappa shape index (κ3) is 2.44. The molecule has 0 bridgehead atoms. The minimum atomic E-state index is 0.650. The Labute approximate surface area is 106 Å². The van der Waals surface area contributed by atoms with Crippen LogP contribution in [0.15, 0.2) is 11.2 Å².